The number of halogens is 4. The van der Waals surface area contributed by atoms with E-state index in [1.54, 1.807) is 36.4 Å². The normalized spacial score (nSPS) is 16.6. The van der Waals surface area contributed by atoms with Crippen molar-refractivity contribution >= 4 is 11.6 Å². The monoisotopic (exact) mass is 380 g/mol. The number of alkyl halides is 3. The highest BCUT2D eigenvalue weighted by Gasteiger charge is 2.38. The van der Waals surface area contributed by atoms with Gasteiger partial charge in [0.2, 0.25) is 6.10 Å². The van der Waals surface area contributed by atoms with E-state index in [-0.39, 0.29) is 13.0 Å². The molecule has 8 heteroatoms. The highest BCUT2D eigenvalue weighted by atomic mass is 19.4. The van der Waals surface area contributed by atoms with Crippen LogP contribution >= 0.6 is 0 Å². The molecule has 0 aromatic heterocycles. The SMILES string of the molecule is O=C([C@@H]1CC(c2cccc(F)c2)=NO1)N(Cc1ccccc1)CC(F)(F)F. The van der Waals surface area contributed by atoms with Crippen molar-refractivity contribution in [2.24, 2.45) is 5.16 Å². The van der Waals surface area contributed by atoms with Crippen LogP contribution in [0.4, 0.5) is 17.6 Å². The van der Waals surface area contributed by atoms with Crippen molar-refractivity contribution < 1.29 is 27.2 Å². The smallest absolute Gasteiger partial charge is 0.382 e. The molecule has 1 atom stereocenters. The van der Waals surface area contributed by atoms with Gasteiger partial charge in [-0.3, -0.25) is 4.79 Å². The van der Waals surface area contributed by atoms with Gasteiger partial charge >= 0.3 is 6.18 Å². The van der Waals surface area contributed by atoms with Gasteiger partial charge in [-0.25, -0.2) is 4.39 Å². The van der Waals surface area contributed by atoms with Gasteiger partial charge in [0, 0.05) is 18.5 Å². The maximum Gasteiger partial charge on any atom is 0.406 e. The second-order valence-corrected chi connectivity index (χ2v) is 6.14. The third-order valence-electron chi connectivity index (χ3n) is 4.00. The average molecular weight is 380 g/mol. The first-order valence-electron chi connectivity index (χ1n) is 8.20. The van der Waals surface area contributed by atoms with Gasteiger partial charge in [-0.2, -0.15) is 13.2 Å². The number of nitrogens with zero attached hydrogens (tertiary/aromatic N) is 2. The van der Waals surface area contributed by atoms with Crippen molar-refractivity contribution in [3.8, 4) is 0 Å². The fourth-order valence-corrected chi connectivity index (χ4v) is 2.78. The van der Waals surface area contributed by atoms with Gasteiger partial charge in [0.15, 0.2) is 0 Å². The quantitative estimate of drug-likeness (QED) is 0.738. The summed E-state index contributed by atoms with van der Waals surface area (Å²) in [6.07, 6.45) is -5.74. The number of benzene rings is 2. The van der Waals surface area contributed by atoms with E-state index in [2.05, 4.69) is 5.16 Å². The molecule has 0 saturated carbocycles. The largest absolute Gasteiger partial charge is 0.406 e. The summed E-state index contributed by atoms with van der Waals surface area (Å²) in [6, 6.07) is 13.9. The lowest BCUT2D eigenvalue weighted by atomic mass is 10.0. The van der Waals surface area contributed by atoms with Gasteiger partial charge in [-0.15, -0.1) is 0 Å². The van der Waals surface area contributed by atoms with Crippen molar-refractivity contribution in [3.05, 3.63) is 71.5 Å². The van der Waals surface area contributed by atoms with Crippen molar-refractivity contribution in [1.82, 2.24) is 4.90 Å². The first-order chi connectivity index (χ1) is 12.8. The van der Waals surface area contributed by atoms with Crippen LogP contribution in [0.15, 0.2) is 59.8 Å². The number of carbonyl (C=O) groups is 1. The molecule has 1 aliphatic heterocycles. The molecule has 0 saturated heterocycles. The molecular weight excluding hydrogens is 364 g/mol. The van der Waals surface area contributed by atoms with Crippen molar-refractivity contribution in [2.45, 2.75) is 25.2 Å². The predicted octanol–water partition coefficient (Wildman–Crippen LogP) is 3.91. The maximum absolute atomic E-state index is 13.3. The minimum Gasteiger partial charge on any atom is -0.382 e. The number of carbonyl (C=O) groups excluding carboxylic acids is 1. The van der Waals surface area contributed by atoms with Crippen molar-refractivity contribution in [1.29, 1.82) is 0 Å². The second-order valence-electron chi connectivity index (χ2n) is 6.14. The molecule has 2 aromatic carbocycles. The lowest BCUT2D eigenvalue weighted by Crippen LogP contribution is -2.43. The minimum absolute atomic E-state index is 0.0224. The third-order valence-corrected chi connectivity index (χ3v) is 4.00. The van der Waals surface area contributed by atoms with Crippen LogP contribution in [0, 0.1) is 5.82 Å². The van der Waals surface area contributed by atoms with Gasteiger partial charge in [0.05, 0.1) is 5.71 Å². The molecule has 0 unspecified atom stereocenters. The molecule has 1 heterocycles. The predicted molar refractivity (Wildman–Crippen MR) is 90.3 cm³/mol. The molecule has 142 valence electrons. The Labute approximate surface area is 153 Å². The zero-order chi connectivity index (χ0) is 19.4. The van der Waals surface area contributed by atoms with Crippen LogP contribution < -0.4 is 0 Å². The molecule has 0 spiro atoms. The topological polar surface area (TPSA) is 41.9 Å². The van der Waals surface area contributed by atoms with Gasteiger partial charge in [-0.05, 0) is 17.7 Å². The summed E-state index contributed by atoms with van der Waals surface area (Å²) in [6.45, 7) is -1.59. The summed E-state index contributed by atoms with van der Waals surface area (Å²) in [4.78, 5) is 18.4. The van der Waals surface area contributed by atoms with Crippen LogP contribution in [0.2, 0.25) is 0 Å². The molecule has 1 aliphatic rings. The van der Waals surface area contributed by atoms with Crippen LogP contribution in [0.25, 0.3) is 0 Å². The van der Waals surface area contributed by atoms with Gasteiger partial charge in [0.25, 0.3) is 5.91 Å². The van der Waals surface area contributed by atoms with Crippen molar-refractivity contribution in [2.75, 3.05) is 6.54 Å². The van der Waals surface area contributed by atoms with E-state index >= 15 is 0 Å². The summed E-state index contributed by atoms with van der Waals surface area (Å²) in [7, 11) is 0. The van der Waals surface area contributed by atoms with Crippen LogP contribution in [0.1, 0.15) is 17.5 Å². The Hall–Kier alpha value is -2.90. The maximum atomic E-state index is 13.3. The Morgan fingerprint density at radius 1 is 1.15 bits per heavy atom. The molecule has 0 aliphatic carbocycles. The van der Waals surface area contributed by atoms with Crippen LogP contribution in [-0.4, -0.2) is 35.3 Å². The Morgan fingerprint density at radius 2 is 1.89 bits per heavy atom. The highest BCUT2D eigenvalue weighted by molar-refractivity contribution is 6.04. The molecule has 2 aromatic rings. The zero-order valence-electron chi connectivity index (χ0n) is 14.1. The highest BCUT2D eigenvalue weighted by Crippen LogP contribution is 2.23. The van der Waals surface area contributed by atoms with E-state index in [1.165, 1.54) is 18.2 Å². The van der Waals surface area contributed by atoms with Gasteiger partial charge in [-0.1, -0.05) is 47.6 Å². The van der Waals surface area contributed by atoms with Crippen molar-refractivity contribution in [3.63, 3.8) is 0 Å². The number of hydrogen-bond donors (Lipinski definition) is 0. The van der Waals surface area contributed by atoms with E-state index < -0.39 is 30.5 Å². The summed E-state index contributed by atoms with van der Waals surface area (Å²) in [5, 5.41) is 3.76. The molecule has 0 N–H and O–H groups in total. The molecule has 1 amide bonds. The first kappa shape index (κ1) is 18.9. The number of hydrogen-bond acceptors (Lipinski definition) is 3. The molecule has 3 rings (SSSR count). The van der Waals surface area contributed by atoms with E-state index in [0.29, 0.717) is 21.7 Å². The van der Waals surface area contributed by atoms with Gasteiger partial charge < -0.3 is 9.74 Å². The molecule has 0 fully saturated rings. The fraction of sp³-hybridized carbons (Fsp3) is 0.263. The zero-order valence-corrected chi connectivity index (χ0v) is 14.1. The van der Waals surface area contributed by atoms with E-state index in [9.17, 15) is 22.4 Å². The summed E-state index contributed by atoms with van der Waals surface area (Å²) in [5.74, 6) is -1.29. The van der Waals surface area contributed by atoms with E-state index in [4.69, 9.17) is 4.84 Å². The van der Waals surface area contributed by atoms with E-state index in [0.717, 1.165) is 0 Å². The second kappa shape index (κ2) is 7.77. The Morgan fingerprint density at radius 3 is 2.56 bits per heavy atom. The summed E-state index contributed by atoms with van der Waals surface area (Å²) >= 11 is 0. The number of oxime groups is 1. The molecule has 4 nitrogen and oxygen atoms in total. The first-order valence-corrected chi connectivity index (χ1v) is 8.20. The van der Waals surface area contributed by atoms with Crippen LogP contribution in [-0.2, 0) is 16.2 Å². The Kier molecular flexibility index (Phi) is 5.43. The molecule has 27 heavy (non-hydrogen) atoms. The standard InChI is InChI=1S/C19H16F4N2O2/c20-15-8-4-7-14(9-15)16-10-17(27-24-16)18(26)25(12-19(21,22)23)11-13-5-2-1-3-6-13/h1-9,17H,10-12H2/t17-/m0/s1. The molecule has 0 bridgehead atoms. The Bertz CT molecular complexity index is 837. The number of amides is 1. The third kappa shape index (κ3) is 5.06. The fourth-order valence-electron chi connectivity index (χ4n) is 2.78. The Balaban J connectivity index is 1.72. The minimum atomic E-state index is -4.55. The van der Waals surface area contributed by atoms with Crippen LogP contribution in [0.3, 0.4) is 0 Å². The summed E-state index contributed by atoms with van der Waals surface area (Å²) < 4.78 is 52.1. The average Bonchev–Trinajstić information content (AvgIpc) is 3.10. The lowest BCUT2D eigenvalue weighted by Gasteiger charge is -2.25. The van der Waals surface area contributed by atoms with E-state index in [1.807, 2.05) is 0 Å². The summed E-state index contributed by atoms with van der Waals surface area (Å²) in [5.41, 5.74) is 1.31. The number of rotatable bonds is 5. The van der Waals surface area contributed by atoms with Gasteiger partial charge in [0.1, 0.15) is 12.4 Å². The van der Waals surface area contributed by atoms with Crippen LogP contribution in [0.5, 0.6) is 0 Å². The molecule has 0 radical (unpaired) electrons. The lowest BCUT2D eigenvalue weighted by molar-refractivity contribution is -0.168. The molecular formula is C19H16F4N2O2.